The molecule has 1 atom stereocenters. The molecule has 6 nitrogen and oxygen atoms in total. The van der Waals surface area contributed by atoms with Gasteiger partial charge in [0.15, 0.2) is 0 Å². The van der Waals surface area contributed by atoms with Crippen LogP contribution in [-0.4, -0.2) is 43.7 Å². The molecule has 0 radical (unpaired) electrons. The van der Waals surface area contributed by atoms with E-state index >= 15 is 0 Å². The van der Waals surface area contributed by atoms with Crippen LogP contribution in [0, 0.1) is 11.6 Å². The van der Waals surface area contributed by atoms with E-state index < -0.39 is 38.6 Å². The Kier molecular flexibility index (Phi) is 5.76. The van der Waals surface area contributed by atoms with Crippen molar-refractivity contribution in [2.75, 3.05) is 18.4 Å². The Morgan fingerprint density at radius 3 is 2.38 bits per heavy atom. The maximum absolute atomic E-state index is 13.7. The molecule has 1 aromatic carbocycles. The fraction of sp³-hybridized carbons (Fsp3) is 0.588. The summed E-state index contributed by atoms with van der Waals surface area (Å²) < 4.78 is 55.3. The normalized spacial score (nSPS) is 21.8. The predicted octanol–water partition coefficient (Wildman–Crippen LogP) is 2.82. The third-order valence-corrected chi connectivity index (χ3v) is 6.91. The standard InChI is InChI=1S/C17H23F2N3O3S/c18-14-8-3-9-15(19)16(14)20-17(23)22-10-4-7-13(11-22)26(24,25)21-12-5-1-2-6-12/h3,8-9,12-13,21H,1-2,4-7,10-11H2,(H,20,23)/t13-/m1/s1. The van der Waals surface area contributed by atoms with Crippen LogP contribution < -0.4 is 10.0 Å². The van der Waals surface area contributed by atoms with Crippen LogP contribution in [-0.2, 0) is 10.0 Å². The van der Waals surface area contributed by atoms with E-state index in [9.17, 15) is 22.0 Å². The van der Waals surface area contributed by atoms with Crippen LogP contribution >= 0.6 is 0 Å². The van der Waals surface area contributed by atoms with Gasteiger partial charge in [0.25, 0.3) is 0 Å². The Morgan fingerprint density at radius 1 is 1.08 bits per heavy atom. The quantitative estimate of drug-likeness (QED) is 0.834. The zero-order chi connectivity index (χ0) is 18.7. The van der Waals surface area contributed by atoms with Gasteiger partial charge in [0, 0.05) is 19.1 Å². The van der Waals surface area contributed by atoms with E-state index in [0.717, 1.165) is 37.8 Å². The lowest BCUT2D eigenvalue weighted by atomic mass is 10.1. The van der Waals surface area contributed by atoms with E-state index in [1.807, 2.05) is 0 Å². The van der Waals surface area contributed by atoms with Crippen LogP contribution in [0.3, 0.4) is 0 Å². The van der Waals surface area contributed by atoms with Gasteiger partial charge in [0.2, 0.25) is 10.0 Å². The smallest absolute Gasteiger partial charge is 0.322 e. The van der Waals surface area contributed by atoms with Crippen molar-refractivity contribution in [1.82, 2.24) is 9.62 Å². The zero-order valence-electron chi connectivity index (χ0n) is 14.4. The molecule has 0 bridgehead atoms. The number of carbonyl (C=O) groups excluding carboxylic acids is 1. The first-order valence-corrected chi connectivity index (χ1v) is 10.4. The molecule has 0 spiro atoms. The maximum Gasteiger partial charge on any atom is 0.322 e. The van der Waals surface area contributed by atoms with Crippen molar-refractivity contribution in [3.05, 3.63) is 29.8 Å². The first-order chi connectivity index (χ1) is 12.4. The predicted molar refractivity (Wildman–Crippen MR) is 94.3 cm³/mol. The van der Waals surface area contributed by atoms with Gasteiger partial charge in [-0.05, 0) is 37.8 Å². The number of sulfonamides is 1. The molecular weight excluding hydrogens is 364 g/mol. The minimum atomic E-state index is -3.54. The van der Waals surface area contributed by atoms with Gasteiger partial charge in [-0.1, -0.05) is 18.9 Å². The molecule has 1 saturated heterocycles. The highest BCUT2D eigenvalue weighted by molar-refractivity contribution is 7.90. The lowest BCUT2D eigenvalue weighted by molar-refractivity contribution is 0.200. The third kappa shape index (κ3) is 4.32. The van der Waals surface area contributed by atoms with Crippen molar-refractivity contribution < 1.29 is 22.0 Å². The van der Waals surface area contributed by atoms with Crippen molar-refractivity contribution in [2.24, 2.45) is 0 Å². The van der Waals surface area contributed by atoms with Crippen LogP contribution in [0.15, 0.2) is 18.2 Å². The van der Waals surface area contributed by atoms with E-state index in [-0.39, 0.29) is 12.6 Å². The topological polar surface area (TPSA) is 78.5 Å². The number of rotatable bonds is 4. The van der Waals surface area contributed by atoms with E-state index in [1.165, 1.54) is 11.0 Å². The lowest BCUT2D eigenvalue weighted by Gasteiger charge is -2.33. The molecule has 144 valence electrons. The largest absolute Gasteiger partial charge is 0.323 e. The number of urea groups is 1. The van der Waals surface area contributed by atoms with Crippen molar-refractivity contribution in [2.45, 2.75) is 49.8 Å². The van der Waals surface area contributed by atoms with Crippen LogP contribution in [0.25, 0.3) is 0 Å². The molecule has 1 aliphatic carbocycles. The molecule has 0 unspecified atom stereocenters. The molecule has 1 aliphatic heterocycles. The lowest BCUT2D eigenvalue weighted by Crippen LogP contribution is -2.50. The number of hydrogen-bond donors (Lipinski definition) is 2. The average molecular weight is 387 g/mol. The average Bonchev–Trinajstić information content (AvgIpc) is 3.10. The first kappa shape index (κ1) is 19.0. The van der Waals surface area contributed by atoms with Gasteiger partial charge < -0.3 is 10.2 Å². The van der Waals surface area contributed by atoms with Gasteiger partial charge in [-0.15, -0.1) is 0 Å². The number of amides is 2. The van der Waals surface area contributed by atoms with Crippen LogP contribution in [0.5, 0.6) is 0 Å². The highest BCUT2D eigenvalue weighted by atomic mass is 32.2. The number of nitrogens with one attached hydrogen (secondary N) is 2. The van der Waals surface area contributed by atoms with Gasteiger partial charge in [-0.3, -0.25) is 0 Å². The number of carbonyl (C=O) groups is 1. The number of halogens is 2. The highest BCUT2D eigenvalue weighted by Gasteiger charge is 2.34. The van der Waals surface area contributed by atoms with E-state index in [4.69, 9.17) is 0 Å². The maximum atomic E-state index is 13.7. The van der Waals surface area contributed by atoms with Crippen molar-refractivity contribution >= 4 is 21.7 Å². The molecule has 0 aromatic heterocycles. The summed E-state index contributed by atoms with van der Waals surface area (Å²) in [7, 11) is -3.54. The minimum absolute atomic E-state index is 0.00393. The summed E-state index contributed by atoms with van der Waals surface area (Å²) in [6.45, 7) is 0.349. The van der Waals surface area contributed by atoms with Gasteiger partial charge in [0.1, 0.15) is 17.3 Å². The second-order valence-electron chi connectivity index (χ2n) is 6.88. The molecular formula is C17H23F2N3O3S. The van der Waals surface area contributed by atoms with Crippen LogP contribution in [0.4, 0.5) is 19.3 Å². The fourth-order valence-electron chi connectivity index (χ4n) is 3.55. The second kappa shape index (κ2) is 7.87. The Hall–Kier alpha value is -1.74. The molecule has 3 rings (SSSR count). The summed E-state index contributed by atoms with van der Waals surface area (Å²) in [5.41, 5.74) is -0.522. The van der Waals surface area contributed by atoms with Crippen LogP contribution in [0.2, 0.25) is 0 Å². The summed E-state index contributed by atoms with van der Waals surface area (Å²) in [5, 5.41) is 1.50. The number of hydrogen-bond acceptors (Lipinski definition) is 3. The molecule has 1 aromatic rings. The summed E-state index contributed by atoms with van der Waals surface area (Å²) >= 11 is 0. The van der Waals surface area contributed by atoms with Crippen LogP contribution in [0.1, 0.15) is 38.5 Å². The van der Waals surface area contributed by atoms with E-state index in [1.54, 1.807) is 0 Å². The summed E-state index contributed by atoms with van der Waals surface area (Å²) in [4.78, 5) is 13.7. The van der Waals surface area contributed by atoms with E-state index in [2.05, 4.69) is 10.0 Å². The van der Waals surface area contributed by atoms with Gasteiger partial charge >= 0.3 is 6.03 Å². The summed E-state index contributed by atoms with van der Waals surface area (Å²) in [6.07, 6.45) is 4.68. The van der Waals surface area contributed by atoms with Crippen molar-refractivity contribution in [1.29, 1.82) is 0 Å². The fourth-order valence-corrected chi connectivity index (χ4v) is 5.30. The number of benzene rings is 1. The highest BCUT2D eigenvalue weighted by Crippen LogP contribution is 2.23. The molecule has 26 heavy (non-hydrogen) atoms. The SMILES string of the molecule is O=C(Nc1c(F)cccc1F)N1CCC[C@@H](S(=O)(=O)NC2CCCC2)C1. The molecule has 2 amide bonds. The Bertz CT molecular complexity index is 746. The zero-order valence-corrected chi connectivity index (χ0v) is 15.2. The number of anilines is 1. The third-order valence-electron chi connectivity index (χ3n) is 4.98. The Labute approximate surface area is 152 Å². The van der Waals surface area contributed by atoms with Gasteiger partial charge in [-0.2, -0.15) is 0 Å². The van der Waals surface area contributed by atoms with Crippen molar-refractivity contribution in [3.8, 4) is 0 Å². The number of likely N-dealkylation sites (tertiary alicyclic amines) is 1. The number of nitrogens with zero attached hydrogens (tertiary/aromatic N) is 1. The minimum Gasteiger partial charge on any atom is -0.323 e. The first-order valence-electron chi connectivity index (χ1n) is 8.88. The van der Waals surface area contributed by atoms with Gasteiger partial charge in [0.05, 0.1) is 5.25 Å². The Morgan fingerprint density at radius 2 is 1.73 bits per heavy atom. The molecule has 2 fully saturated rings. The van der Waals surface area contributed by atoms with Gasteiger partial charge in [-0.25, -0.2) is 26.7 Å². The van der Waals surface area contributed by atoms with Crippen molar-refractivity contribution in [3.63, 3.8) is 0 Å². The molecule has 1 heterocycles. The molecule has 2 aliphatic rings. The Balaban J connectivity index is 1.65. The number of para-hydroxylation sites is 1. The molecule has 1 saturated carbocycles. The summed E-state index contributed by atoms with van der Waals surface area (Å²) in [5.74, 6) is -1.75. The second-order valence-corrected chi connectivity index (χ2v) is 8.87. The monoisotopic (exact) mass is 387 g/mol. The summed E-state index contributed by atoms with van der Waals surface area (Å²) in [6, 6.07) is 2.58. The molecule has 2 N–H and O–H groups in total. The number of piperidine rings is 1. The molecule has 9 heteroatoms. The van der Waals surface area contributed by atoms with E-state index in [0.29, 0.717) is 19.4 Å².